The number of amides is 1. The Balaban J connectivity index is 3.10. The molecule has 1 heterocycles. The lowest BCUT2D eigenvalue weighted by Crippen LogP contribution is -2.41. The van der Waals surface area contributed by atoms with Crippen LogP contribution in [0.25, 0.3) is 0 Å². The summed E-state index contributed by atoms with van der Waals surface area (Å²) < 4.78 is 38.0. The van der Waals surface area contributed by atoms with E-state index in [2.05, 4.69) is 26.2 Å². The van der Waals surface area contributed by atoms with E-state index in [-0.39, 0.29) is 11.4 Å². The Labute approximate surface area is 128 Å². The van der Waals surface area contributed by atoms with Crippen molar-refractivity contribution in [1.82, 2.24) is 9.88 Å². The number of anilines is 1. The van der Waals surface area contributed by atoms with Crippen LogP contribution in [0.4, 0.5) is 19.0 Å². The molecule has 0 atom stereocenters. The molecule has 0 aliphatic rings. The Kier molecular flexibility index (Phi) is 6.41. The van der Waals surface area contributed by atoms with Crippen molar-refractivity contribution in [3.63, 3.8) is 0 Å². The van der Waals surface area contributed by atoms with E-state index in [1.807, 2.05) is 0 Å². The molecule has 118 valence electrons. The standard InChI is InChI=1S/C12H15BrF3N3O2/c1-2-17-10-9(5-8(13)6-18-10)11(21)19(3-4-20)7-12(14,15)16/h5-6,20H,2-4,7H2,1H3,(H,17,18). The summed E-state index contributed by atoms with van der Waals surface area (Å²) in [5.41, 5.74) is 0.0175. The van der Waals surface area contributed by atoms with Crippen molar-refractivity contribution in [2.24, 2.45) is 0 Å². The number of hydrogen-bond donors (Lipinski definition) is 2. The summed E-state index contributed by atoms with van der Waals surface area (Å²) in [7, 11) is 0. The molecule has 0 aliphatic carbocycles. The minimum absolute atomic E-state index is 0.0175. The number of rotatable bonds is 6. The number of hydrogen-bond acceptors (Lipinski definition) is 4. The van der Waals surface area contributed by atoms with E-state index in [0.29, 0.717) is 15.9 Å². The molecule has 0 spiro atoms. The Hall–Kier alpha value is -1.35. The zero-order valence-electron chi connectivity index (χ0n) is 11.2. The highest BCUT2D eigenvalue weighted by molar-refractivity contribution is 9.10. The third-order valence-electron chi connectivity index (χ3n) is 2.46. The predicted octanol–water partition coefficient (Wildman–Crippen LogP) is 2.27. The molecule has 2 N–H and O–H groups in total. The van der Waals surface area contributed by atoms with Crippen LogP contribution in [0.5, 0.6) is 0 Å². The fourth-order valence-corrected chi connectivity index (χ4v) is 2.00. The van der Waals surface area contributed by atoms with Crippen LogP contribution in [0, 0.1) is 0 Å². The number of nitrogens with zero attached hydrogens (tertiary/aromatic N) is 2. The van der Waals surface area contributed by atoms with Crippen LogP contribution in [-0.2, 0) is 0 Å². The van der Waals surface area contributed by atoms with Crippen LogP contribution in [0.3, 0.4) is 0 Å². The van der Waals surface area contributed by atoms with E-state index in [9.17, 15) is 18.0 Å². The van der Waals surface area contributed by atoms with Gasteiger partial charge in [-0.3, -0.25) is 4.79 Å². The van der Waals surface area contributed by atoms with E-state index in [0.717, 1.165) is 0 Å². The van der Waals surface area contributed by atoms with Crippen molar-refractivity contribution in [2.45, 2.75) is 13.1 Å². The molecule has 0 aromatic carbocycles. The molecule has 9 heteroatoms. The lowest BCUT2D eigenvalue weighted by Gasteiger charge is -2.24. The fourth-order valence-electron chi connectivity index (χ4n) is 1.67. The molecular formula is C12H15BrF3N3O2. The number of carbonyl (C=O) groups is 1. The van der Waals surface area contributed by atoms with Gasteiger partial charge in [0.25, 0.3) is 5.91 Å². The van der Waals surface area contributed by atoms with Gasteiger partial charge in [0, 0.05) is 23.8 Å². The van der Waals surface area contributed by atoms with Crippen molar-refractivity contribution in [1.29, 1.82) is 0 Å². The van der Waals surface area contributed by atoms with Gasteiger partial charge in [0.15, 0.2) is 0 Å². The molecule has 21 heavy (non-hydrogen) atoms. The van der Waals surface area contributed by atoms with Crippen molar-refractivity contribution >= 4 is 27.7 Å². The Bertz CT molecular complexity index is 497. The van der Waals surface area contributed by atoms with Crippen LogP contribution in [0.15, 0.2) is 16.7 Å². The van der Waals surface area contributed by atoms with Gasteiger partial charge in [-0.25, -0.2) is 4.98 Å². The Morgan fingerprint density at radius 2 is 2.19 bits per heavy atom. The zero-order valence-corrected chi connectivity index (χ0v) is 12.8. The van der Waals surface area contributed by atoms with Gasteiger partial charge >= 0.3 is 6.18 Å². The number of pyridine rings is 1. The maximum Gasteiger partial charge on any atom is 0.406 e. The van der Waals surface area contributed by atoms with Crippen LogP contribution < -0.4 is 5.32 Å². The third-order valence-corrected chi connectivity index (χ3v) is 2.89. The second-order valence-electron chi connectivity index (χ2n) is 4.15. The first-order valence-corrected chi connectivity index (χ1v) is 6.94. The molecule has 0 unspecified atom stereocenters. The quantitative estimate of drug-likeness (QED) is 0.807. The average molecular weight is 370 g/mol. The smallest absolute Gasteiger partial charge is 0.395 e. The summed E-state index contributed by atoms with van der Waals surface area (Å²) in [4.78, 5) is 16.8. The van der Waals surface area contributed by atoms with Gasteiger partial charge in [-0.15, -0.1) is 0 Å². The molecule has 5 nitrogen and oxygen atoms in total. The Morgan fingerprint density at radius 1 is 1.52 bits per heavy atom. The number of alkyl halides is 3. The number of halogens is 4. The summed E-state index contributed by atoms with van der Waals surface area (Å²) in [6.07, 6.45) is -3.10. The first-order valence-electron chi connectivity index (χ1n) is 6.14. The second kappa shape index (κ2) is 7.60. The van der Waals surface area contributed by atoms with Crippen LogP contribution in [0.2, 0.25) is 0 Å². The topological polar surface area (TPSA) is 65.5 Å². The molecule has 1 amide bonds. The van der Waals surface area contributed by atoms with Crippen molar-refractivity contribution < 1.29 is 23.1 Å². The van der Waals surface area contributed by atoms with Crippen molar-refractivity contribution in [2.75, 3.05) is 31.6 Å². The van der Waals surface area contributed by atoms with E-state index in [1.165, 1.54) is 12.3 Å². The molecule has 1 rings (SSSR count). The molecule has 0 bridgehead atoms. The summed E-state index contributed by atoms with van der Waals surface area (Å²) in [6.45, 7) is -0.145. The lowest BCUT2D eigenvalue weighted by molar-refractivity contribution is -0.141. The largest absolute Gasteiger partial charge is 0.406 e. The minimum atomic E-state index is -4.54. The van der Waals surface area contributed by atoms with Gasteiger partial charge in [0.1, 0.15) is 12.4 Å². The molecule has 0 saturated heterocycles. The maximum atomic E-state index is 12.5. The average Bonchev–Trinajstić information content (AvgIpc) is 2.38. The summed E-state index contributed by atoms with van der Waals surface area (Å²) in [5.74, 6) is -0.637. The maximum absolute atomic E-state index is 12.5. The van der Waals surface area contributed by atoms with Crippen molar-refractivity contribution in [3.8, 4) is 0 Å². The fraction of sp³-hybridized carbons (Fsp3) is 0.500. The highest BCUT2D eigenvalue weighted by Gasteiger charge is 2.33. The summed E-state index contributed by atoms with van der Waals surface area (Å²) in [6, 6.07) is 1.40. The van der Waals surface area contributed by atoms with Gasteiger partial charge in [0.05, 0.1) is 12.2 Å². The van der Waals surface area contributed by atoms with Crippen LogP contribution >= 0.6 is 15.9 Å². The second-order valence-corrected chi connectivity index (χ2v) is 5.06. The van der Waals surface area contributed by atoms with Gasteiger partial charge < -0.3 is 15.3 Å². The van der Waals surface area contributed by atoms with Gasteiger partial charge in [-0.1, -0.05) is 0 Å². The van der Waals surface area contributed by atoms with Crippen molar-refractivity contribution in [3.05, 3.63) is 22.3 Å². The number of nitrogens with one attached hydrogen (secondary N) is 1. The van der Waals surface area contributed by atoms with E-state index >= 15 is 0 Å². The lowest BCUT2D eigenvalue weighted by atomic mass is 10.2. The first-order chi connectivity index (χ1) is 9.78. The Morgan fingerprint density at radius 3 is 2.71 bits per heavy atom. The van der Waals surface area contributed by atoms with Gasteiger partial charge in [-0.2, -0.15) is 13.2 Å². The third kappa shape index (κ3) is 5.50. The highest BCUT2D eigenvalue weighted by atomic mass is 79.9. The highest BCUT2D eigenvalue weighted by Crippen LogP contribution is 2.22. The van der Waals surface area contributed by atoms with E-state index in [1.54, 1.807) is 6.92 Å². The van der Waals surface area contributed by atoms with Crippen LogP contribution in [0.1, 0.15) is 17.3 Å². The van der Waals surface area contributed by atoms with E-state index < -0.39 is 31.8 Å². The number of aliphatic hydroxyl groups is 1. The molecule has 1 aromatic rings. The molecule has 0 radical (unpaired) electrons. The predicted molar refractivity (Wildman–Crippen MR) is 75.1 cm³/mol. The van der Waals surface area contributed by atoms with Gasteiger partial charge in [-0.05, 0) is 28.9 Å². The van der Waals surface area contributed by atoms with Crippen LogP contribution in [-0.4, -0.2) is 53.3 Å². The van der Waals surface area contributed by atoms with Gasteiger partial charge in [0.2, 0.25) is 0 Å². The molecule has 1 aromatic heterocycles. The molecule has 0 aliphatic heterocycles. The summed E-state index contributed by atoms with van der Waals surface area (Å²) in [5, 5.41) is 11.7. The zero-order chi connectivity index (χ0) is 16.0. The minimum Gasteiger partial charge on any atom is -0.395 e. The van der Waals surface area contributed by atoms with E-state index in [4.69, 9.17) is 5.11 Å². The molecule has 0 saturated carbocycles. The number of aliphatic hydroxyl groups excluding tert-OH is 1. The summed E-state index contributed by atoms with van der Waals surface area (Å²) >= 11 is 3.13. The molecule has 0 fully saturated rings. The molecular weight excluding hydrogens is 355 g/mol. The SMILES string of the molecule is CCNc1ncc(Br)cc1C(=O)N(CCO)CC(F)(F)F. The normalized spacial score (nSPS) is 11.3. The monoisotopic (exact) mass is 369 g/mol. The number of aromatic nitrogens is 1. The first kappa shape index (κ1) is 17.7. The number of carbonyl (C=O) groups excluding carboxylic acids is 1.